The molecule has 0 aromatic heterocycles. The predicted octanol–water partition coefficient (Wildman–Crippen LogP) is 3.23. The third kappa shape index (κ3) is 3.60. The van der Waals surface area contributed by atoms with Crippen molar-refractivity contribution in [2.45, 2.75) is 32.1 Å². The van der Waals surface area contributed by atoms with Crippen molar-refractivity contribution in [1.29, 1.82) is 0 Å². The highest BCUT2D eigenvalue weighted by Gasteiger charge is 2.22. The van der Waals surface area contributed by atoms with Crippen molar-refractivity contribution < 1.29 is 19.0 Å². The van der Waals surface area contributed by atoms with E-state index in [0.29, 0.717) is 22.9 Å². The van der Waals surface area contributed by atoms with Gasteiger partial charge in [0.25, 0.3) is 0 Å². The van der Waals surface area contributed by atoms with Gasteiger partial charge in [0.2, 0.25) is 11.7 Å². The lowest BCUT2D eigenvalue weighted by atomic mass is 9.88. The second-order valence-corrected chi connectivity index (χ2v) is 5.24. The van der Waals surface area contributed by atoms with Crippen molar-refractivity contribution in [1.82, 2.24) is 0 Å². The van der Waals surface area contributed by atoms with Gasteiger partial charge in [-0.1, -0.05) is 19.3 Å². The third-order valence-corrected chi connectivity index (χ3v) is 3.91. The first-order valence-corrected chi connectivity index (χ1v) is 7.30. The van der Waals surface area contributed by atoms with Crippen molar-refractivity contribution in [2.75, 3.05) is 26.6 Å². The van der Waals surface area contributed by atoms with Crippen LogP contribution in [0.25, 0.3) is 0 Å². The molecule has 0 aliphatic heterocycles. The van der Waals surface area contributed by atoms with Gasteiger partial charge in [-0.25, -0.2) is 0 Å². The van der Waals surface area contributed by atoms with Gasteiger partial charge >= 0.3 is 0 Å². The van der Waals surface area contributed by atoms with Gasteiger partial charge in [-0.05, 0) is 12.8 Å². The van der Waals surface area contributed by atoms with Crippen LogP contribution in [0.4, 0.5) is 5.69 Å². The number of ether oxygens (including phenoxy) is 3. The smallest absolute Gasteiger partial charge is 0.227 e. The summed E-state index contributed by atoms with van der Waals surface area (Å²) in [6.07, 6.45) is 5.43. The fourth-order valence-electron chi connectivity index (χ4n) is 2.76. The Morgan fingerprint density at radius 2 is 1.57 bits per heavy atom. The number of methoxy groups -OCH3 is 3. The molecule has 21 heavy (non-hydrogen) atoms. The molecular weight excluding hydrogens is 270 g/mol. The Morgan fingerprint density at radius 3 is 2.05 bits per heavy atom. The van der Waals surface area contributed by atoms with Crippen molar-refractivity contribution >= 4 is 11.6 Å². The number of hydrogen-bond donors (Lipinski definition) is 1. The number of anilines is 1. The Kier molecular flexibility index (Phi) is 5.31. The number of carbonyl (C=O) groups is 1. The highest BCUT2D eigenvalue weighted by atomic mass is 16.5. The first-order valence-electron chi connectivity index (χ1n) is 7.30. The van der Waals surface area contributed by atoms with E-state index in [2.05, 4.69) is 5.32 Å². The topological polar surface area (TPSA) is 56.8 Å². The Hall–Kier alpha value is -1.91. The molecule has 1 aliphatic carbocycles. The minimum absolute atomic E-state index is 0.0731. The molecule has 1 fully saturated rings. The van der Waals surface area contributed by atoms with E-state index in [1.165, 1.54) is 6.42 Å². The highest BCUT2D eigenvalue weighted by molar-refractivity contribution is 5.93. The first-order chi connectivity index (χ1) is 10.2. The molecule has 5 nitrogen and oxygen atoms in total. The second-order valence-electron chi connectivity index (χ2n) is 5.24. The van der Waals surface area contributed by atoms with Gasteiger partial charge < -0.3 is 19.5 Å². The van der Waals surface area contributed by atoms with E-state index in [1.54, 1.807) is 33.5 Å². The molecule has 2 rings (SSSR count). The Balaban J connectivity index is 2.17. The molecule has 1 aromatic rings. The molecule has 1 aromatic carbocycles. The highest BCUT2D eigenvalue weighted by Crippen LogP contribution is 2.40. The molecule has 5 heteroatoms. The lowest BCUT2D eigenvalue weighted by Crippen LogP contribution is -2.24. The Bertz CT molecular complexity index is 470. The van der Waals surface area contributed by atoms with Crippen LogP contribution in [0.3, 0.4) is 0 Å². The van der Waals surface area contributed by atoms with Crippen molar-refractivity contribution in [2.24, 2.45) is 5.92 Å². The van der Waals surface area contributed by atoms with Crippen LogP contribution in [-0.2, 0) is 4.79 Å². The van der Waals surface area contributed by atoms with Crippen molar-refractivity contribution in [3.05, 3.63) is 12.1 Å². The summed E-state index contributed by atoms with van der Waals surface area (Å²) in [6.45, 7) is 0. The molecule has 116 valence electrons. The lowest BCUT2D eigenvalue weighted by Gasteiger charge is -2.21. The van der Waals surface area contributed by atoms with Gasteiger partial charge in [-0.2, -0.15) is 0 Å². The van der Waals surface area contributed by atoms with Gasteiger partial charge in [-0.15, -0.1) is 0 Å². The molecule has 0 saturated heterocycles. The van der Waals surface area contributed by atoms with Crippen molar-refractivity contribution in [3.63, 3.8) is 0 Å². The van der Waals surface area contributed by atoms with E-state index in [0.717, 1.165) is 25.7 Å². The Labute approximate surface area is 125 Å². The van der Waals surface area contributed by atoms with Gasteiger partial charge in [-0.3, -0.25) is 4.79 Å². The van der Waals surface area contributed by atoms with E-state index >= 15 is 0 Å². The number of nitrogens with one attached hydrogen (secondary N) is 1. The van der Waals surface area contributed by atoms with E-state index in [-0.39, 0.29) is 11.8 Å². The number of benzene rings is 1. The molecule has 0 radical (unpaired) electrons. The summed E-state index contributed by atoms with van der Waals surface area (Å²) in [4.78, 5) is 12.3. The fraction of sp³-hybridized carbons (Fsp3) is 0.562. The summed E-state index contributed by atoms with van der Waals surface area (Å²) < 4.78 is 15.9. The lowest BCUT2D eigenvalue weighted by molar-refractivity contribution is -0.120. The summed E-state index contributed by atoms with van der Waals surface area (Å²) in [6, 6.07) is 3.50. The first kappa shape index (κ1) is 15.5. The summed E-state index contributed by atoms with van der Waals surface area (Å²) in [5.41, 5.74) is 0.667. The van der Waals surface area contributed by atoms with E-state index in [1.807, 2.05) is 0 Å². The standard InChI is InChI=1S/C16H23NO4/c1-19-13-9-12(10-14(20-2)15(13)21-3)17-16(18)11-7-5-4-6-8-11/h9-11H,4-8H2,1-3H3,(H,17,18). The number of amides is 1. The molecule has 0 bridgehead atoms. The van der Waals surface area contributed by atoms with Gasteiger partial charge in [0, 0.05) is 23.7 Å². The van der Waals surface area contributed by atoms with E-state index in [4.69, 9.17) is 14.2 Å². The van der Waals surface area contributed by atoms with Gasteiger partial charge in [0.15, 0.2) is 11.5 Å². The average molecular weight is 293 g/mol. The summed E-state index contributed by atoms with van der Waals surface area (Å²) >= 11 is 0. The maximum absolute atomic E-state index is 12.3. The quantitative estimate of drug-likeness (QED) is 0.905. The zero-order valence-electron chi connectivity index (χ0n) is 12.9. The minimum Gasteiger partial charge on any atom is -0.493 e. The molecule has 0 heterocycles. The normalized spacial score (nSPS) is 15.4. The zero-order chi connectivity index (χ0) is 15.2. The van der Waals surface area contributed by atoms with Gasteiger partial charge in [0.05, 0.1) is 21.3 Å². The maximum atomic E-state index is 12.3. The average Bonchev–Trinajstić information content (AvgIpc) is 2.54. The minimum atomic E-state index is 0.0731. The van der Waals surface area contributed by atoms with Crippen LogP contribution in [0.2, 0.25) is 0 Å². The van der Waals surface area contributed by atoms with Crippen LogP contribution in [0.1, 0.15) is 32.1 Å². The molecule has 0 atom stereocenters. The van der Waals surface area contributed by atoms with Gasteiger partial charge in [0.1, 0.15) is 0 Å². The fourth-order valence-corrected chi connectivity index (χ4v) is 2.76. The van der Waals surface area contributed by atoms with Crippen LogP contribution >= 0.6 is 0 Å². The summed E-state index contributed by atoms with van der Waals surface area (Å²) in [5, 5.41) is 2.96. The summed E-state index contributed by atoms with van der Waals surface area (Å²) in [5.74, 6) is 1.78. The van der Waals surface area contributed by atoms with Crippen LogP contribution in [0.5, 0.6) is 17.2 Å². The number of carbonyl (C=O) groups excluding carboxylic acids is 1. The van der Waals surface area contributed by atoms with Crippen LogP contribution < -0.4 is 19.5 Å². The SMILES string of the molecule is COc1cc(NC(=O)C2CCCCC2)cc(OC)c1OC. The maximum Gasteiger partial charge on any atom is 0.227 e. The molecule has 1 aliphatic rings. The largest absolute Gasteiger partial charge is 0.493 e. The van der Waals surface area contributed by atoms with E-state index in [9.17, 15) is 4.79 Å². The molecule has 0 spiro atoms. The van der Waals surface area contributed by atoms with E-state index < -0.39 is 0 Å². The predicted molar refractivity (Wildman–Crippen MR) is 81.3 cm³/mol. The molecule has 0 unspecified atom stereocenters. The zero-order valence-corrected chi connectivity index (χ0v) is 12.9. The van der Waals surface area contributed by atoms with Crippen LogP contribution in [0.15, 0.2) is 12.1 Å². The summed E-state index contributed by atoms with van der Waals surface area (Å²) in [7, 11) is 4.68. The Morgan fingerprint density at radius 1 is 1.00 bits per heavy atom. The molecular formula is C16H23NO4. The second kappa shape index (κ2) is 7.20. The number of hydrogen-bond acceptors (Lipinski definition) is 4. The van der Waals surface area contributed by atoms with Crippen LogP contribution in [0, 0.1) is 5.92 Å². The third-order valence-electron chi connectivity index (χ3n) is 3.91. The molecule has 1 amide bonds. The number of rotatable bonds is 5. The monoisotopic (exact) mass is 293 g/mol. The molecule has 1 saturated carbocycles. The molecule has 1 N–H and O–H groups in total. The van der Waals surface area contributed by atoms with Crippen molar-refractivity contribution in [3.8, 4) is 17.2 Å². The van der Waals surface area contributed by atoms with Crippen LogP contribution in [-0.4, -0.2) is 27.2 Å².